The van der Waals surface area contributed by atoms with E-state index in [2.05, 4.69) is 10.3 Å². The number of hydrogen-bond acceptors (Lipinski definition) is 4. The highest BCUT2D eigenvalue weighted by atomic mass is 35.5. The van der Waals surface area contributed by atoms with Gasteiger partial charge in [0.25, 0.3) is 0 Å². The van der Waals surface area contributed by atoms with Gasteiger partial charge in [0.1, 0.15) is 10.8 Å². The molecule has 2 rings (SSSR count). The van der Waals surface area contributed by atoms with Crippen LogP contribution < -0.4 is 5.32 Å². The van der Waals surface area contributed by atoms with Crippen molar-refractivity contribution < 1.29 is 9.13 Å². The third-order valence-corrected chi connectivity index (χ3v) is 4.05. The van der Waals surface area contributed by atoms with Gasteiger partial charge in [0.2, 0.25) is 0 Å². The molecule has 0 radical (unpaired) electrons. The quantitative estimate of drug-likeness (QED) is 0.786. The highest BCUT2D eigenvalue weighted by molar-refractivity contribution is 7.99. The summed E-state index contributed by atoms with van der Waals surface area (Å²) in [6.07, 6.45) is 1.58. The van der Waals surface area contributed by atoms with E-state index in [1.807, 2.05) is 12.1 Å². The van der Waals surface area contributed by atoms with Gasteiger partial charge in [-0.3, -0.25) is 0 Å². The van der Waals surface area contributed by atoms with Gasteiger partial charge in [-0.25, -0.2) is 9.37 Å². The van der Waals surface area contributed by atoms with Gasteiger partial charge in [0.15, 0.2) is 0 Å². The smallest absolute Gasteiger partial charge is 0.128 e. The lowest BCUT2D eigenvalue weighted by molar-refractivity contribution is 0.199. The topological polar surface area (TPSA) is 34.1 Å². The number of aromatic nitrogens is 1. The van der Waals surface area contributed by atoms with E-state index in [0.717, 1.165) is 9.92 Å². The van der Waals surface area contributed by atoms with E-state index in [0.29, 0.717) is 30.3 Å². The van der Waals surface area contributed by atoms with Crippen molar-refractivity contribution in [2.24, 2.45) is 0 Å². The summed E-state index contributed by atoms with van der Waals surface area (Å²) in [7, 11) is 1.64. The summed E-state index contributed by atoms with van der Waals surface area (Å²) in [5, 5.41) is 4.52. The molecular formula is C15H16ClFN2OS. The Bertz CT molecular complexity index is 580. The molecule has 0 atom stereocenters. The molecule has 0 spiro atoms. The van der Waals surface area contributed by atoms with E-state index in [-0.39, 0.29) is 5.82 Å². The molecule has 112 valence electrons. The van der Waals surface area contributed by atoms with Crippen LogP contribution in [0.5, 0.6) is 0 Å². The first-order valence-electron chi connectivity index (χ1n) is 6.47. The number of halogens is 2. The summed E-state index contributed by atoms with van der Waals surface area (Å²) >= 11 is 7.24. The number of nitrogens with zero attached hydrogens (tertiary/aromatic N) is 1. The Morgan fingerprint density at radius 3 is 2.90 bits per heavy atom. The lowest BCUT2D eigenvalue weighted by Gasteiger charge is -2.11. The van der Waals surface area contributed by atoms with Crippen molar-refractivity contribution in [1.29, 1.82) is 0 Å². The average Bonchev–Trinajstić information content (AvgIpc) is 2.48. The molecule has 0 saturated heterocycles. The first-order chi connectivity index (χ1) is 10.2. The Morgan fingerprint density at radius 1 is 1.33 bits per heavy atom. The zero-order valence-corrected chi connectivity index (χ0v) is 13.2. The van der Waals surface area contributed by atoms with E-state index in [4.69, 9.17) is 16.3 Å². The zero-order valence-electron chi connectivity index (χ0n) is 11.6. The molecule has 0 aliphatic heterocycles. The molecule has 1 N–H and O–H groups in total. The van der Waals surface area contributed by atoms with Crippen LogP contribution in [0.4, 0.5) is 4.39 Å². The van der Waals surface area contributed by atoms with Crippen LogP contribution in [0.15, 0.2) is 46.5 Å². The minimum atomic E-state index is -0.223. The van der Waals surface area contributed by atoms with Crippen LogP contribution in [0.1, 0.15) is 5.56 Å². The number of benzene rings is 1. The van der Waals surface area contributed by atoms with Crippen LogP contribution in [0.2, 0.25) is 5.02 Å². The van der Waals surface area contributed by atoms with Crippen LogP contribution in [0.3, 0.4) is 0 Å². The second-order valence-corrected chi connectivity index (χ2v) is 5.80. The molecule has 0 unspecified atom stereocenters. The maximum atomic E-state index is 14.0. The van der Waals surface area contributed by atoms with Crippen molar-refractivity contribution in [3.63, 3.8) is 0 Å². The highest BCUT2D eigenvalue weighted by Crippen LogP contribution is 2.30. The largest absolute Gasteiger partial charge is 0.383 e. The van der Waals surface area contributed by atoms with E-state index in [1.165, 1.54) is 17.8 Å². The van der Waals surface area contributed by atoms with Gasteiger partial charge in [0, 0.05) is 36.9 Å². The molecule has 0 aliphatic rings. The number of ether oxygens (including phenoxy) is 1. The summed E-state index contributed by atoms with van der Waals surface area (Å²) < 4.78 is 19.0. The van der Waals surface area contributed by atoms with Crippen LogP contribution in [-0.4, -0.2) is 25.2 Å². The van der Waals surface area contributed by atoms with Crippen molar-refractivity contribution >= 4 is 23.4 Å². The van der Waals surface area contributed by atoms with Gasteiger partial charge in [-0.15, -0.1) is 0 Å². The molecule has 21 heavy (non-hydrogen) atoms. The van der Waals surface area contributed by atoms with Gasteiger partial charge in [-0.05, 0) is 24.3 Å². The monoisotopic (exact) mass is 326 g/mol. The highest BCUT2D eigenvalue weighted by Gasteiger charge is 2.10. The second kappa shape index (κ2) is 8.34. The normalized spacial score (nSPS) is 10.8. The third kappa shape index (κ3) is 4.97. The molecule has 6 heteroatoms. The molecule has 2 aromatic rings. The minimum Gasteiger partial charge on any atom is -0.383 e. The predicted molar refractivity (Wildman–Crippen MR) is 83.4 cm³/mol. The van der Waals surface area contributed by atoms with Crippen LogP contribution in [0, 0.1) is 5.82 Å². The maximum Gasteiger partial charge on any atom is 0.128 e. The molecule has 0 aliphatic carbocycles. The number of hydrogen-bond donors (Lipinski definition) is 1. The number of nitrogens with one attached hydrogen (secondary N) is 1. The molecule has 1 heterocycles. The SMILES string of the molecule is COCCNCc1c(F)cccc1Sc1ccc(Cl)cn1. The Kier molecular flexibility index (Phi) is 6.45. The van der Waals surface area contributed by atoms with E-state index in [9.17, 15) is 4.39 Å². The first kappa shape index (κ1) is 16.2. The number of rotatable bonds is 7. The average molecular weight is 327 g/mol. The lowest BCUT2D eigenvalue weighted by Crippen LogP contribution is -2.19. The number of methoxy groups -OCH3 is 1. The van der Waals surface area contributed by atoms with Crippen molar-refractivity contribution in [3.8, 4) is 0 Å². The fourth-order valence-electron chi connectivity index (χ4n) is 1.73. The fourth-order valence-corrected chi connectivity index (χ4v) is 2.75. The van der Waals surface area contributed by atoms with Gasteiger partial charge in [-0.2, -0.15) is 0 Å². The van der Waals surface area contributed by atoms with Gasteiger partial charge in [0.05, 0.1) is 11.6 Å². The first-order valence-corrected chi connectivity index (χ1v) is 7.66. The van der Waals surface area contributed by atoms with E-state index >= 15 is 0 Å². The predicted octanol–water partition coefficient (Wildman–Crippen LogP) is 3.76. The summed E-state index contributed by atoms with van der Waals surface area (Å²) in [5.74, 6) is -0.223. The van der Waals surface area contributed by atoms with Gasteiger partial charge in [-0.1, -0.05) is 29.4 Å². The molecule has 0 saturated carbocycles. The molecule has 1 aromatic carbocycles. The Balaban J connectivity index is 2.11. The summed E-state index contributed by atoms with van der Waals surface area (Å²) in [6.45, 7) is 1.72. The Labute approximate surface area is 132 Å². The Morgan fingerprint density at radius 2 is 2.19 bits per heavy atom. The molecule has 3 nitrogen and oxygen atoms in total. The van der Waals surface area contributed by atoms with Gasteiger partial charge < -0.3 is 10.1 Å². The van der Waals surface area contributed by atoms with E-state index < -0.39 is 0 Å². The van der Waals surface area contributed by atoms with Crippen molar-refractivity contribution in [2.45, 2.75) is 16.5 Å². The fraction of sp³-hybridized carbons (Fsp3) is 0.267. The third-order valence-electron chi connectivity index (χ3n) is 2.78. The van der Waals surface area contributed by atoms with Gasteiger partial charge >= 0.3 is 0 Å². The van der Waals surface area contributed by atoms with E-state index in [1.54, 1.807) is 25.4 Å². The standard InChI is InChI=1S/C15H16ClFN2OS/c1-20-8-7-18-10-12-13(17)3-2-4-14(12)21-15-6-5-11(16)9-19-15/h2-6,9,18H,7-8,10H2,1H3. The molecule has 1 aromatic heterocycles. The summed E-state index contributed by atoms with van der Waals surface area (Å²) in [5.41, 5.74) is 0.635. The van der Waals surface area contributed by atoms with Crippen molar-refractivity contribution in [3.05, 3.63) is 52.9 Å². The zero-order chi connectivity index (χ0) is 15.1. The molecule has 0 amide bonds. The molecule has 0 fully saturated rings. The van der Waals surface area contributed by atoms with Crippen molar-refractivity contribution in [2.75, 3.05) is 20.3 Å². The Hall–Kier alpha value is -1.14. The minimum absolute atomic E-state index is 0.223. The molecule has 0 bridgehead atoms. The molecular weight excluding hydrogens is 311 g/mol. The van der Waals surface area contributed by atoms with Crippen molar-refractivity contribution in [1.82, 2.24) is 10.3 Å². The van der Waals surface area contributed by atoms with Crippen LogP contribution >= 0.6 is 23.4 Å². The number of pyridine rings is 1. The van der Waals surface area contributed by atoms with Crippen LogP contribution in [-0.2, 0) is 11.3 Å². The van der Waals surface area contributed by atoms with Crippen LogP contribution in [0.25, 0.3) is 0 Å². The lowest BCUT2D eigenvalue weighted by atomic mass is 10.2. The summed E-state index contributed by atoms with van der Waals surface area (Å²) in [6, 6.07) is 8.64. The summed E-state index contributed by atoms with van der Waals surface area (Å²) in [4.78, 5) is 5.06. The maximum absolute atomic E-state index is 14.0. The second-order valence-electron chi connectivity index (χ2n) is 4.30.